The summed E-state index contributed by atoms with van der Waals surface area (Å²) in [5.74, 6) is -2.76. The van der Waals surface area contributed by atoms with Gasteiger partial charge in [0.05, 0.1) is 0 Å². The molecule has 0 amide bonds. The Hall–Kier alpha value is -0.820. The van der Waals surface area contributed by atoms with Gasteiger partial charge in [-0.1, -0.05) is 6.92 Å². The van der Waals surface area contributed by atoms with Crippen LogP contribution in [0.25, 0.3) is 0 Å². The van der Waals surface area contributed by atoms with Crippen LogP contribution in [0.1, 0.15) is 19.8 Å². The van der Waals surface area contributed by atoms with E-state index in [2.05, 4.69) is 12.2 Å². The number of aliphatic hydroxyl groups is 1. The van der Waals surface area contributed by atoms with Gasteiger partial charge >= 0.3 is 12.1 Å². The maximum atomic E-state index is 10.6. The molecule has 0 radical (unpaired) electrons. The lowest BCUT2D eigenvalue weighted by Crippen LogP contribution is -2.53. The monoisotopic (exact) mass is 243 g/mol. The zero-order chi connectivity index (χ0) is 12.8. The second kappa shape index (κ2) is 6.05. The van der Waals surface area contributed by atoms with Gasteiger partial charge in [-0.05, 0) is 18.3 Å². The molecule has 96 valence electrons. The van der Waals surface area contributed by atoms with Crippen LogP contribution in [-0.2, 0) is 4.79 Å². The van der Waals surface area contributed by atoms with Crippen LogP contribution in [0, 0.1) is 5.41 Å². The van der Waals surface area contributed by atoms with Crippen molar-refractivity contribution in [2.45, 2.75) is 25.9 Å². The number of halogens is 3. The highest BCUT2D eigenvalue weighted by atomic mass is 19.4. The number of alkyl halides is 3. The predicted octanol–water partition coefficient (Wildman–Crippen LogP) is 1.00. The number of nitrogens with one attached hydrogen (secondary N) is 1. The van der Waals surface area contributed by atoms with Gasteiger partial charge in [0.1, 0.15) is 0 Å². The highest BCUT2D eigenvalue weighted by molar-refractivity contribution is 5.73. The lowest BCUT2D eigenvalue weighted by atomic mass is 9.77. The molecule has 4 nitrogen and oxygen atoms in total. The molecule has 1 aliphatic heterocycles. The second-order valence-corrected chi connectivity index (χ2v) is 3.73. The molecular formula is C9H16F3NO3. The Bertz CT molecular complexity index is 221. The topological polar surface area (TPSA) is 69.6 Å². The number of hydrogen-bond donors (Lipinski definition) is 3. The van der Waals surface area contributed by atoms with Gasteiger partial charge in [0, 0.05) is 19.7 Å². The van der Waals surface area contributed by atoms with Crippen LogP contribution in [0.15, 0.2) is 0 Å². The molecule has 0 unspecified atom stereocenters. The van der Waals surface area contributed by atoms with Gasteiger partial charge in [-0.2, -0.15) is 13.2 Å². The van der Waals surface area contributed by atoms with E-state index in [-0.39, 0.29) is 0 Å². The van der Waals surface area contributed by atoms with Crippen molar-refractivity contribution in [3.63, 3.8) is 0 Å². The van der Waals surface area contributed by atoms with E-state index in [0.717, 1.165) is 19.5 Å². The molecule has 0 aromatic carbocycles. The lowest BCUT2D eigenvalue weighted by molar-refractivity contribution is -0.192. The fourth-order valence-corrected chi connectivity index (χ4v) is 1.32. The van der Waals surface area contributed by atoms with Crippen LogP contribution in [0.5, 0.6) is 0 Å². The van der Waals surface area contributed by atoms with Crippen molar-refractivity contribution < 1.29 is 28.2 Å². The summed E-state index contributed by atoms with van der Waals surface area (Å²) in [6.45, 7) is 4.74. The smallest absolute Gasteiger partial charge is 0.475 e. The lowest BCUT2D eigenvalue weighted by Gasteiger charge is -2.41. The first kappa shape index (κ1) is 15.2. The minimum Gasteiger partial charge on any atom is -0.475 e. The van der Waals surface area contributed by atoms with Gasteiger partial charge in [-0.3, -0.25) is 0 Å². The molecule has 0 saturated carbocycles. The SMILES string of the molecule is CCC1(CCO)CNC1.O=C(O)C(F)(F)F. The molecular weight excluding hydrogens is 227 g/mol. The molecule has 16 heavy (non-hydrogen) atoms. The maximum absolute atomic E-state index is 10.6. The maximum Gasteiger partial charge on any atom is 0.490 e. The van der Waals surface area contributed by atoms with Crippen molar-refractivity contribution in [1.82, 2.24) is 5.32 Å². The molecule has 1 aliphatic rings. The summed E-state index contributed by atoms with van der Waals surface area (Å²) >= 11 is 0. The molecule has 1 heterocycles. The van der Waals surface area contributed by atoms with E-state index < -0.39 is 12.1 Å². The largest absolute Gasteiger partial charge is 0.490 e. The first-order chi connectivity index (χ1) is 7.27. The van der Waals surface area contributed by atoms with Gasteiger partial charge in [0.2, 0.25) is 0 Å². The van der Waals surface area contributed by atoms with E-state index in [1.807, 2.05) is 0 Å². The number of rotatable bonds is 3. The highest BCUT2D eigenvalue weighted by Crippen LogP contribution is 2.29. The fraction of sp³-hybridized carbons (Fsp3) is 0.889. The molecule has 0 aromatic rings. The number of carbonyl (C=O) groups is 1. The van der Waals surface area contributed by atoms with Crippen LogP contribution >= 0.6 is 0 Å². The quantitative estimate of drug-likeness (QED) is 0.691. The number of aliphatic carboxylic acids is 1. The van der Waals surface area contributed by atoms with Crippen molar-refractivity contribution in [2.24, 2.45) is 5.41 Å². The Labute approximate surface area is 91.5 Å². The number of aliphatic hydroxyl groups excluding tert-OH is 1. The molecule has 1 fully saturated rings. The number of carboxylic acids is 1. The molecule has 0 aliphatic carbocycles. The van der Waals surface area contributed by atoms with Crippen molar-refractivity contribution >= 4 is 5.97 Å². The summed E-state index contributed by atoms with van der Waals surface area (Å²) in [6, 6.07) is 0. The van der Waals surface area contributed by atoms with E-state index in [9.17, 15) is 13.2 Å². The van der Waals surface area contributed by atoms with Gasteiger partial charge in [0.25, 0.3) is 0 Å². The first-order valence-corrected chi connectivity index (χ1v) is 4.89. The third-order valence-electron chi connectivity index (χ3n) is 2.63. The first-order valence-electron chi connectivity index (χ1n) is 4.89. The minimum absolute atomic E-state index is 0.343. The Morgan fingerprint density at radius 3 is 1.94 bits per heavy atom. The molecule has 3 N–H and O–H groups in total. The number of hydrogen-bond acceptors (Lipinski definition) is 3. The Balaban J connectivity index is 0.000000293. The van der Waals surface area contributed by atoms with E-state index >= 15 is 0 Å². The van der Waals surface area contributed by atoms with E-state index in [1.54, 1.807) is 0 Å². The second-order valence-electron chi connectivity index (χ2n) is 3.73. The normalized spacial score (nSPS) is 18.1. The summed E-state index contributed by atoms with van der Waals surface area (Å²) in [7, 11) is 0. The Morgan fingerprint density at radius 1 is 1.44 bits per heavy atom. The van der Waals surface area contributed by atoms with Gasteiger partial charge in [-0.25, -0.2) is 4.79 Å². The van der Waals surface area contributed by atoms with Crippen LogP contribution in [0.2, 0.25) is 0 Å². The number of carboxylic acid groups (broad SMARTS) is 1. The van der Waals surface area contributed by atoms with Crippen molar-refractivity contribution in [3.8, 4) is 0 Å². The third-order valence-corrected chi connectivity index (χ3v) is 2.63. The van der Waals surface area contributed by atoms with E-state index in [4.69, 9.17) is 15.0 Å². The average molecular weight is 243 g/mol. The molecule has 0 aromatic heterocycles. The molecule has 7 heteroatoms. The average Bonchev–Trinajstić information content (AvgIpc) is 2.11. The standard InChI is InChI=1S/C7H15NO.C2HF3O2/c1-2-7(3-4-9)5-8-6-7;3-2(4,5)1(6)7/h8-9H,2-6H2,1H3;(H,6,7). The Morgan fingerprint density at radius 2 is 1.88 bits per heavy atom. The van der Waals surface area contributed by atoms with Crippen molar-refractivity contribution in [2.75, 3.05) is 19.7 Å². The molecule has 0 bridgehead atoms. The van der Waals surface area contributed by atoms with Gasteiger partial charge in [-0.15, -0.1) is 0 Å². The van der Waals surface area contributed by atoms with Crippen LogP contribution in [0.3, 0.4) is 0 Å². The summed E-state index contributed by atoms with van der Waals surface area (Å²) in [6.07, 6.45) is -2.92. The summed E-state index contributed by atoms with van der Waals surface area (Å²) < 4.78 is 31.7. The molecule has 1 rings (SSSR count). The highest BCUT2D eigenvalue weighted by Gasteiger charge is 2.38. The minimum atomic E-state index is -5.08. The summed E-state index contributed by atoms with van der Waals surface area (Å²) in [4.78, 5) is 8.90. The summed E-state index contributed by atoms with van der Waals surface area (Å²) in [5.41, 5.74) is 0.453. The fourth-order valence-electron chi connectivity index (χ4n) is 1.32. The summed E-state index contributed by atoms with van der Waals surface area (Å²) in [5, 5.41) is 19.0. The van der Waals surface area contributed by atoms with Crippen molar-refractivity contribution in [1.29, 1.82) is 0 Å². The van der Waals surface area contributed by atoms with E-state index in [1.165, 1.54) is 6.42 Å². The van der Waals surface area contributed by atoms with E-state index in [0.29, 0.717) is 12.0 Å². The van der Waals surface area contributed by atoms with Gasteiger partial charge < -0.3 is 15.5 Å². The molecule has 0 atom stereocenters. The van der Waals surface area contributed by atoms with Gasteiger partial charge in [0.15, 0.2) is 0 Å². The zero-order valence-corrected chi connectivity index (χ0v) is 8.97. The third kappa shape index (κ3) is 4.80. The van der Waals surface area contributed by atoms with Crippen LogP contribution in [0.4, 0.5) is 13.2 Å². The van der Waals surface area contributed by atoms with Crippen LogP contribution in [-0.4, -0.2) is 42.1 Å². The predicted molar refractivity (Wildman–Crippen MR) is 51.0 cm³/mol. The zero-order valence-electron chi connectivity index (χ0n) is 8.97. The Kier molecular flexibility index (Phi) is 5.74. The van der Waals surface area contributed by atoms with Crippen LogP contribution < -0.4 is 5.32 Å². The molecule has 1 saturated heterocycles. The van der Waals surface area contributed by atoms with Crippen molar-refractivity contribution in [3.05, 3.63) is 0 Å². The molecule has 0 spiro atoms.